The van der Waals surface area contributed by atoms with Gasteiger partial charge in [-0.05, 0) is 45.3 Å². The topological polar surface area (TPSA) is 39.6 Å². The van der Waals surface area contributed by atoms with E-state index in [1.165, 1.54) is 23.3 Å². The summed E-state index contributed by atoms with van der Waals surface area (Å²) < 4.78 is 0. The van der Waals surface area contributed by atoms with Crippen molar-refractivity contribution in [3.05, 3.63) is 41.4 Å². The van der Waals surface area contributed by atoms with Crippen molar-refractivity contribution in [2.24, 2.45) is 0 Å². The molecule has 0 radical (unpaired) electrons. The summed E-state index contributed by atoms with van der Waals surface area (Å²) in [5.74, 6) is 0. The molecule has 25 heavy (non-hydrogen) atoms. The molecular weight excluding hydrogens is 330 g/mol. The van der Waals surface area contributed by atoms with Gasteiger partial charge < -0.3 is 10.0 Å². The minimum atomic E-state index is -0.546. The summed E-state index contributed by atoms with van der Waals surface area (Å²) in [5, 5.41) is 12.2. The first-order chi connectivity index (χ1) is 12.2. The fourth-order valence-electron chi connectivity index (χ4n) is 4.14. The Morgan fingerprint density at radius 3 is 2.60 bits per heavy atom. The van der Waals surface area contributed by atoms with E-state index in [4.69, 9.17) is 0 Å². The Kier molecular flexibility index (Phi) is 5.17. The molecule has 1 aromatic carbocycles. The van der Waals surface area contributed by atoms with Crippen LogP contribution in [-0.2, 0) is 6.54 Å². The molecule has 2 fully saturated rings. The predicted molar refractivity (Wildman–Crippen MR) is 103 cm³/mol. The van der Waals surface area contributed by atoms with Crippen LogP contribution in [0.4, 0.5) is 0 Å². The molecule has 1 N–H and O–H groups in total. The second-order valence-corrected chi connectivity index (χ2v) is 8.63. The number of nitrogens with zero attached hydrogens (tertiary/aromatic N) is 3. The lowest BCUT2D eigenvalue weighted by atomic mass is 9.92. The molecule has 1 aromatic heterocycles. The van der Waals surface area contributed by atoms with Gasteiger partial charge in [0, 0.05) is 36.3 Å². The summed E-state index contributed by atoms with van der Waals surface area (Å²) in [6, 6.07) is 10.4. The van der Waals surface area contributed by atoms with Gasteiger partial charge in [-0.2, -0.15) is 0 Å². The average molecular weight is 358 g/mol. The zero-order valence-corrected chi connectivity index (χ0v) is 15.5. The maximum Gasteiger partial charge on any atom is 0.123 e. The Morgan fingerprint density at radius 1 is 1.04 bits per heavy atom. The summed E-state index contributed by atoms with van der Waals surface area (Å²) >= 11 is 1.77. The average Bonchev–Trinajstić information content (AvgIpc) is 3.27. The molecule has 0 spiro atoms. The van der Waals surface area contributed by atoms with E-state index in [0.29, 0.717) is 0 Å². The minimum Gasteiger partial charge on any atom is -0.387 e. The molecule has 0 aliphatic carbocycles. The van der Waals surface area contributed by atoms with Crippen LogP contribution in [0.1, 0.15) is 30.6 Å². The van der Waals surface area contributed by atoms with Gasteiger partial charge in [-0.15, -0.1) is 11.3 Å². The van der Waals surface area contributed by atoms with Crippen LogP contribution >= 0.6 is 11.3 Å². The van der Waals surface area contributed by atoms with Crippen molar-refractivity contribution in [1.29, 1.82) is 0 Å². The van der Waals surface area contributed by atoms with Crippen molar-refractivity contribution in [3.8, 4) is 10.6 Å². The highest BCUT2D eigenvalue weighted by Gasteiger charge is 2.35. The van der Waals surface area contributed by atoms with Gasteiger partial charge in [-0.1, -0.05) is 30.3 Å². The van der Waals surface area contributed by atoms with Crippen molar-refractivity contribution >= 4 is 11.3 Å². The third-order valence-electron chi connectivity index (χ3n) is 5.30. The number of benzene rings is 1. The molecule has 3 heterocycles. The zero-order chi connectivity index (χ0) is 17.1. The van der Waals surface area contributed by atoms with Crippen LogP contribution in [0.5, 0.6) is 0 Å². The first kappa shape index (κ1) is 17.2. The second kappa shape index (κ2) is 7.54. The molecule has 4 nitrogen and oxygen atoms in total. The summed E-state index contributed by atoms with van der Waals surface area (Å²) in [5.41, 5.74) is 0.637. The van der Waals surface area contributed by atoms with Gasteiger partial charge in [0.1, 0.15) is 5.01 Å². The van der Waals surface area contributed by atoms with E-state index in [-0.39, 0.29) is 0 Å². The van der Waals surface area contributed by atoms with Crippen LogP contribution in [0.3, 0.4) is 0 Å². The summed E-state index contributed by atoms with van der Waals surface area (Å²) in [7, 11) is 0. The minimum absolute atomic E-state index is 0.546. The molecule has 2 aliphatic rings. The first-order valence-electron chi connectivity index (χ1n) is 9.37. The molecule has 0 bridgehead atoms. The lowest BCUT2D eigenvalue weighted by molar-refractivity contribution is -0.0517. The molecular formula is C20H27N3OS. The highest BCUT2D eigenvalue weighted by molar-refractivity contribution is 7.15. The van der Waals surface area contributed by atoms with E-state index in [2.05, 4.69) is 39.0 Å². The zero-order valence-electron chi connectivity index (χ0n) is 14.7. The number of likely N-dealkylation sites (tertiary alicyclic amines) is 2. The highest BCUT2D eigenvalue weighted by atomic mass is 32.1. The van der Waals surface area contributed by atoms with E-state index >= 15 is 0 Å². The van der Waals surface area contributed by atoms with E-state index < -0.39 is 5.60 Å². The number of piperidine rings is 1. The van der Waals surface area contributed by atoms with Gasteiger partial charge in [-0.25, -0.2) is 4.98 Å². The van der Waals surface area contributed by atoms with Crippen molar-refractivity contribution in [2.75, 3.05) is 32.7 Å². The van der Waals surface area contributed by atoms with E-state index in [9.17, 15) is 5.11 Å². The lowest BCUT2D eigenvalue weighted by Crippen LogP contribution is -2.53. The summed E-state index contributed by atoms with van der Waals surface area (Å²) in [6.07, 6.45) is 6.57. The third-order valence-corrected chi connectivity index (χ3v) is 6.34. The van der Waals surface area contributed by atoms with Crippen LogP contribution in [0.2, 0.25) is 0 Å². The molecule has 1 atom stereocenters. The SMILES string of the molecule is OC1(CN2CCCC2)CCCN(Cc2cnc(-c3ccccc3)s2)C1. The molecule has 0 amide bonds. The Bertz CT molecular complexity index is 683. The summed E-state index contributed by atoms with van der Waals surface area (Å²) in [4.78, 5) is 10.7. The number of thiazole rings is 1. The maximum atomic E-state index is 11.1. The molecule has 134 valence electrons. The standard InChI is InChI=1S/C20H27N3OS/c24-20(15-22-10-4-5-11-22)9-6-12-23(16-20)14-18-13-21-19(25-18)17-7-2-1-3-8-17/h1-3,7-8,13,24H,4-6,9-12,14-16H2. The number of β-amino-alcohol motifs (C(OH)–C–C–N with tert-alkyl or cyclic N) is 1. The molecule has 4 rings (SSSR count). The van der Waals surface area contributed by atoms with Gasteiger partial charge in [0.25, 0.3) is 0 Å². The number of aliphatic hydroxyl groups is 1. The third kappa shape index (κ3) is 4.29. The fraction of sp³-hybridized carbons (Fsp3) is 0.550. The molecule has 2 saturated heterocycles. The van der Waals surface area contributed by atoms with Crippen LogP contribution in [0.25, 0.3) is 10.6 Å². The molecule has 1 unspecified atom stereocenters. The Hall–Kier alpha value is -1.27. The quantitative estimate of drug-likeness (QED) is 0.892. The van der Waals surface area contributed by atoms with Crippen molar-refractivity contribution in [2.45, 2.75) is 37.8 Å². The van der Waals surface area contributed by atoms with Crippen molar-refractivity contribution < 1.29 is 5.11 Å². The van der Waals surface area contributed by atoms with Gasteiger partial charge in [0.15, 0.2) is 0 Å². The summed E-state index contributed by atoms with van der Waals surface area (Å²) in [6.45, 7) is 5.88. The largest absolute Gasteiger partial charge is 0.387 e. The van der Waals surface area contributed by atoms with E-state index in [1.807, 2.05) is 12.3 Å². The van der Waals surface area contributed by atoms with Crippen LogP contribution < -0.4 is 0 Å². The second-order valence-electron chi connectivity index (χ2n) is 7.52. The molecule has 0 saturated carbocycles. The number of hydrogen-bond donors (Lipinski definition) is 1. The van der Waals surface area contributed by atoms with Crippen LogP contribution in [0.15, 0.2) is 36.5 Å². The van der Waals surface area contributed by atoms with E-state index in [1.54, 1.807) is 11.3 Å². The highest BCUT2D eigenvalue weighted by Crippen LogP contribution is 2.29. The number of rotatable bonds is 5. The molecule has 5 heteroatoms. The Morgan fingerprint density at radius 2 is 1.80 bits per heavy atom. The fourth-order valence-corrected chi connectivity index (χ4v) is 5.10. The first-order valence-corrected chi connectivity index (χ1v) is 10.2. The number of aromatic nitrogens is 1. The van der Waals surface area contributed by atoms with Gasteiger partial charge >= 0.3 is 0 Å². The van der Waals surface area contributed by atoms with Gasteiger partial charge in [-0.3, -0.25) is 4.90 Å². The Balaban J connectivity index is 1.38. The maximum absolute atomic E-state index is 11.1. The smallest absolute Gasteiger partial charge is 0.123 e. The van der Waals surface area contributed by atoms with Crippen LogP contribution in [-0.4, -0.2) is 58.2 Å². The molecule has 2 aromatic rings. The van der Waals surface area contributed by atoms with Crippen LogP contribution in [0, 0.1) is 0 Å². The van der Waals surface area contributed by atoms with Crippen molar-refractivity contribution in [1.82, 2.24) is 14.8 Å². The van der Waals surface area contributed by atoms with E-state index in [0.717, 1.165) is 57.1 Å². The predicted octanol–water partition coefficient (Wildman–Crippen LogP) is 3.23. The van der Waals surface area contributed by atoms with Gasteiger partial charge in [0.2, 0.25) is 0 Å². The Labute approximate surface area is 154 Å². The van der Waals surface area contributed by atoms with Gasteiger partial charge in [0.05, 0.1) is 5.60 Å². The lowest BCUT2D eigenvalue weighted by Gasteiger charge is -2.41. The monoisotopic (exact) mass is 357 g/mol. The molecule has 2 aliphatic heterocycles. The normalized spacial score (nSPS) is 25.5. The van der Waals surface area contributed by atoms with Crippen molar-refractivity contribution in [3.63, 3.8) is 0 Å². The number of hydrogen-bond acceptors (Lipinski definition) is 5.